The van der Waals surface area contributed by atoms with E-state index in [-0.39, 0.29) is 30.4 Å². The van der Waals surface area contributed by atoms with Gasteiger partial charge in [0.25, 0.3) is 0 Å². The molecule has 160 valence electrons. The first kappa shape index (κ1) is 23.9. The number of benzene rings is 2. The monoisotopic (exact) mass is 436 g/mol. The summed E-state index contributed by atoms with van der Waals surface area (Å²) in [6, 6.07) is 19.8. The van der Waals surface area contributed by atoms with Crippen molar-refractivity contribution in [2.75, 3.05) is 37.7 Å². The topological polar surface area (TPSA) is 15.7 Å². The van der Waals surface area contributed by atoms with Crippen LogP contribution < -0.4 is 9.64 Å². The van der Waals surface area contributed by atoms with Gasteiger partial charge in [0.1, 0.15) is 5.75 Å². The van der Waals surface area contributed by atoms with Crippen molar-refractivity contribution in [3.63, 3.8) is 0 Å². The third kappa shape index (κ3) is 5.20. The molecule has 2 aromatic carbocycles. The van der Waals surface area contributed by atoms with E-state index in [2.05, 4.69) is 71.3 Å². The maximum Gasteiger partial charge on any atom is 0.119 e. The maximum atomic E-state index is 5.82. The Morgan fingerprint density at radius 1 is 0.828 bits per heavy atom. The van der Waals surface area contributed by atoms with Crippen molar-refractivity contribution in [2.45, 2.75) is 44.6 Å². The summed E-state index contributed by atoms with van der Waals surface area (Å²) in [6.45, 7) is 7.27. The molecular weight excluding hydrogens is 403 g/mol. The lowest BCUT2D eigenvalue weighted by molar-refractivity contribution is 0.0414. The lowest BCUT2D eigenvalue weighted by Gasteiger charge is -2.50. The van der Waals surface area contributed by atoms with Crippen LogP contribution in [0.4, 0.5) is 5.69 Å². The molecule has 2 aromatic rings. The zero-order chi connectivity index (χ0) is 18.5. The number of ether oxygens (including phenoxy) is 1. The average molecular weight is 437 g/mol. The highest BCUT2D eigenvalue weighted by Crippen LogP contribution is 2.43. The molecule has 1 saturated heterocycles. The quantitative estimate of drug-likeness (QED) is 0.578. The highest BCUT2D eigenvalue weighted by Gasteiger charge is 2.40. The molecule has 2 aliphatic rings. The van der Waals surface area contributed by atoms with E-state index in [0.29, 0.717) is 0 Å². The number of halogens is 2. The van der Waals surface area contributed by atoms with E-state index in [4.69, 9.17) is 4.74 Å². The summed E-state index contributed by atoms with van der Waals surface area (Å²) in [4.78, 5) is 5.31. The molecule has 4 rings (SSSR count). The summed E-state index contributed by atoms with van der Waals surface area (Å²) in [5, 5.41) is 0. The molecule has 1 saturated carbocycles. The third-order valence-corrected chi connectivity index (χ3v) is 6.37. The van der Waals surface area contributed by atoms with Crippen LogP contribution >= 0.6 is 24.8 Å². The first-order valence-corrected chi connectivity index (χ1v) is 10.6. The average Bonchev–Trinajstić information content (AvgIpc) is 2.75. The second kappa shape index (κ2) is 11.1. The Labute approximate surface area is 188 Å². The van der Waals surface area contributed by atoms with Gasteiger partial charge in [-0.2, -0.15) is 0 Å². The molecule has 0 radical (unpaired) electrons. The van der Waals surface area contributed by atoms with Crippen molar-refractivity contribution in [1.82, 2.24) is 4.90 Å². The van der Waals surface area contributed by atoms with Crippen molar-refractivity contribution in [2.24, 2.45) is 0 Å². The normalized spacial score (nSPS) is 19.0. The number of para-hydroxylation sites is 1. The lowest BCUT2D eigenvalue weighted by atomic mass is 9.75. The van der Waals surface area contributed by atoms with Gasteiger partial charge < -0.3 is 9.64 Å². The Hall–Kier alpha value is -1.42. The second-order valence-corrected chi connectivity index (χ2v) is 7.86. The molecule has 0 N–H and O–H groups in total. The molecule has 5 heteroatoms. The zero-order valence-corrected chi connectivity index (χ0v) is 19.0. The third-order valence-electron chi connectivity index (χ3n) is 6.37. The molecule has 0 spiro atoms. The fourth-order valence-electron chi connectivity index (χ4n) is 5.00. The van der Waals surface area contributed by atoms with Crippen molar-refractivity contribution in [3.05, 3.63) is 60.2 Å². The second-order valence-electron chi connectivity index (χ2n) is 7.86. The van der Waals surface area contributed by atoms with Crippen LogP contribution in [0, 0.1) is 0 Å². The molecule has 1 heterocycles. The van der Waals surface area contributed by atoms with Crippen molar-refractivity contribution >= 4 is 30.5 Å². The molecule has 0 unspecified atom stereocenters. The molecule has 3 nitrogen and oxygen atoms in total. The molecule has 1 aliphatic carbocycles. The van der Waals surface area contributed by atoms with Gasteiger partial charge in [0.15, 0.2) is 0 Å². The molecule has 0 atom stereocenters. The molecule has 0 aromatic heterocycles. The van der Waals surface area contributed by atoms with E-state index < -0.39 is 0 Å². The van der Waals surface area contributed by atoms with Gasteiger partial charge in [0, 0.05) is 37.4 Å². The predicted octanol–water partition coefficient (Wildman–Crippen LogP) is 5.91. The van der Waals surface area contributed by atoms with E-state index in [1.165, 1.54) is 43.4 Å². The number of rotatable bonds is 5. The number of hydrogen-bond acceptors (Lipinski definition) is 3. The van der Waals surface area contributed by atoms with Crippen LogP contribution in [0.1, 0.15) is 44.6 Å². The number of piperazine rings is 1. The van der Waals surface area contributed by atoms with E-state index in [9.17, 15) is 0 Å². The Bertz CT molecular complexity index is 727. The highest BCUT2D eigenvalue weighted by atomic mass is 35.5. The van der Waals surface area contributed by atoms with E-state index in [0.717, 1.165) is 38.5 Å². The molecular formula is C24H34Cl2N2O. The summed E-state index contributed by atoms with van der Waals surface area (Å²) >= 11 is 0. The lowest BCUT2D eigenvalue weighted by Crippen LogP contribution is -2.56. The van der Waals surface area contributed by atoms with E-state index in [1.54, 1.807) is 0 Å². The summed E-state index contributed by atoms with van der Waals surface area (Å²) in [7, 11) is 0. The fraction of sp³-hybridized carbons (Fsp3) is 0.500. The largest absolute Gasteiger partial charge is 0.494 e. The van der Waals surface area contributed by atoms with Crippen molar-refractivity contribution < 1.29 is 4.74 Å². The number of anilines is 1. The standard InChI is InChI=1S/C24H32N2O.2ClH/c1-2-27-23-13-9-10-21(20-23)24(14-7-4-8-15-24)26-18-16-25(17-19-26)22-11-5-3-6-12-22;;/h3,5-6,9-13,20H,2,4,7-8,14-19H2,1H3;2*1H. The van der Waals surface area contributed by atoms with Gasteiger partial charge >= 0.3 is 0 Å². The van der Waals surface area contributed by atoms with Crippen LogP contribution in [-0.2, 0) is 5.54 Å². The van der Waals surface area contributed by atoms with Crippen molar-refractivity contribution in [1.29, 1.82) is 0 Å². The molecule has 0 amide bonds. The van der Waals surface area contributed by atoms with Gasteiger partial charge in [-0.15, -0.1) is 24.8 Å². The summed E-state index contributed by atoms with van der Waals surface area (Å²) in [6.07, 6.45) is 6.58. The van der Waals surface area contributed by atoms with Crippen LogP contribution in [0.25, 0.3) is 0 Å². The predicted molar refractivity (Wildman–Crippen MR) is 127 cm³/mol. The number of nitrogens with zero attached hydrogens (tertiary/aromatic N) is 2. The molecule has 2 fully saturated rings. The van der Waals surface area contributed by atoms with Gasteiger partial charge in [-0.05, 0) is 49.6 Å². The summed E-state index contributed by atoms with van der Waals surface area (Å²) in [5.41, 5.74) is 3.00. The molecule has 1 aliphatic heterocycles. The van der Waals surface area contributed by atoms with E-state index in [1.807, 2.05) is 0 Å². The van der Waals surface area contributed by atoms with Crippen molar-refractivity contribution in [3.8, 4) is 5.75 Å². The minimum absolute atomic E-state index is 0. The first-order valence-electron chi connectivity index (χ1n) is 10.6. The smallest absolute Gasteiger partial charge is 0.119 e. The van der Waals surface area contributed by atoms with Crippen LogP contribution in [0.15, 0.2) is 54.6 Å². The van der Waals surface area contributed by atoms with Crippen LogP contribution in [0.3, 0.4) is 0 Å². The Kier molecular flexibility index (Phi) is 9.13. The van der Waals surface area contributed by atoms with Crippen LogP contribution in [0.2, 0.25) is 0 Å². The van der Waals surface area contributed by atoms with Crippen LogP contribution in [0.5, 0.6) is 5.75 Å². The molecule has 0 bridgehead atoms. The Morgan fingerprint density at radius 3 is 2.17 bits per heavy atom. The van der Waals surface area contributed by atoms with Gasteiger partial charge in [-0.3, -0.25) is 4.90 Å². The maximum absolute atomic E-state index is 5.82. The molecule has 29 heavy (non-hydrogen) atoms. The minimum atomic E-state index is 0. The summed E-state index contributed by atoms with van der Waals surface area (Å²) in [5.74, 6) is 1.02. The fourth-order valence-corrected chi connectivity index (χ4v) is 5.00. The van der Waals surface area contributed by atoms with Gasteiger partial charge in [-0.1, -0.05) is 49.6 Å². The zero-order valence-electron chi connectivity index (χ0n) is 17.4. The Balaban J connectivity index is 0.00000150. The van der Waals surface area contributed by atoms with Gasteiger partial charge in [-0.25, -0.2) is 0 Å². The SMILES string of the molecule is CCOc1cccc(C2(N3CCN(c4ccccc4)CC3)CCCCC2)c1.Cl.Cl. The first-order chi connectivity index (χ1) is 13.3. The minimum Gasteiger partial charge on any atom is -0.494 e. The highest BCUT2D eigenvalue weighted by molar-refractivity contribution is 5.85. The van der Waals surface area contributed by atoms with E-state index >= 15 is 0 Å². The summed E-state index contributed by atoms with van der Waals surface area (Å²) < 4.78 is 5.82. The van der Waals surface area contributed by atoms with Gasteiger partial charge in [0.05, 0.1) is 6.61 Å². The number of hydrogen-bond donors (Lipinski definition) is 0. The Morgan fingerprint density at radius 2 is 1.52 bits per heavy atom. The van der Waals surface area contributed by atoms with Crippen LogP contribution in [-0.4, -0.2) is 37.7 Å². The van der Waals surface area contributed by atoms with Gasteiger partial charge in [0.2, 0.25) is 0 Å².